The van der Waals surface area contributed by atoms with Crippen molar-refractivity contribution in [3.63, 3.8) is 0 Å². The average Bonchev–Trinajstić information content (AvgIpc) is 1.56. The lowest BCUT2D eigenvalue weighted by Gasteiger charge is -2.39. The van der Waals surface area contributed by atoms with Gasteiger partial charge in [0.25, 0.3) is 0 Å². The van der Waals surface area contributed by atoms with Crippen molar-refractivity contribution in [3.8, 4) is 0 Å². The van der Waals surface area contributed by atoms with E-state index in [0.717, 1.165) is 0 Å². The lowest BCUT2D eigenvalue weighted by molar-refractivity contribution is 0.621. The molecule has 1 aliphatic heterocycles. The standard InChI is InChI=1S/C4H17N3Si3/c1-9(2)6-5-7-10(3,4)8-9/h5-7H,8H2,1-4H3. The smallest absolute Gasteiger partial charge is 0.119 e. The first-order chi connectivity index (χ1) is 4.41. The van der Waals surface area contributed by atoms with Crippen LogP contribution < -0.4 is 15.7 Å². The molecule has 0 aliphatic carbocycles. The van der Waals surface area contributed by atoms with Crippen LogP contribution in [0.3, 0.4) is 0 Å². The molecule has 0 saturated carbocycles. The molecule has 0 atom stereocenters. The molecule has 1 aliphatic rings. The molecule has 0 aromatic carbocycles. The molecule has 0 aromatic heterocycles. The van der Waals surface area contributed by atoms with E-state index in [1.165, 1.54) is 0 Å². The van der Waals surface area contributed by atoms with Gasteiger partial charge in [-0.3, -0.25) is 10.2 Å². The van der Waals surface area contributed by atoms with Crippen LogP contribution in [-0.2, 0) is 0 Å². The number of hydrazine groups is 2. The fraction of sp³-hybridized carbons (Fsp3) is 1.00. The molecule has 10 heavy (non-hydrogen) atoms. The topological polar surface area (TPSA) is 36.1 Å². The molecule has 3 nitrogen and oxygen atoms in total. The maximum atomic E-state index is 3.39. The Morgan fingerprint density at radius 1 is 0.900 bits per heavy atom. The van der Waals surface area contributed by atoms with Crippen LogP contribution in [0.25, 0.3) is 0 Å². The molecule has 0 spiro atoms. The fourth-order valence-corrected chi connectivity index (χ4v) is 34.0. The Labute approximate surface area is 66.5 Å². The maximum Gasteiger partial charge on any atom is 0.119 e. The van der Waals surface area contributed by atoms with Gasteiger partial charge in [0.2, 0.25) is 0 Å². The predicted molar refractivity (Wildman–Crippen MR) is 52.9 cm³/mol. The molecule has 60 valence electrons. The van der Waals surface area contributed by atoms with Crippen LogP contribution in [0.4, 0.5) is 0 Å². The summed E-state index contributed by atoms with van der Waals surface area (Å²) in [5.41, 5.74) is 3.12. The molecule has 0 bridgehead atoms. The molecular formula is C4H17N3Si3. The summed E-state index contributed by atoms with van der Waals surface area (Å²) in [7, 11) is -1.74. The minimum atomic E-state index is -0.949. The number of nitrogens with one attached hydrogen (secondary N) is 3. The molecule has 1 rings (SSSR count). The molecule has 1 saturated heterocycles. The Morgan fingerprint density at radius 3 is 1.50 bits per heavy atom. The van der Waals surface area contributed by atoms with Crippen LogP contribution in [0.1, 0.15) is 0 Å². The Balaban J connectivity index is 2.56. The Kier molecular flexibility index (Phi) is 2.19. The van der Waals surface area contributed by atoms with Crippen molar-refractivity contribution in [2.45, 2.75) is 26.2 Å². The van der Waals surface area contributed by atoms with Gasteiger partial charge in [-0.05, 0) is 0 Å². The van der Waals surface area contributed by atoms with Gasteiger partial charge in [-0.15, -0.1) is 0 Å². The second kappa shape index (κ2) is 2.54. The average molecular weight is 191 g/mol. The third-order valence-corrected chi connectivity index (χ3v) is 27.3. The Bertz CT molecular complexity index is 122. The molecule has 1 fully saturated rings. The first-order valence-corrected chi connectivity index (χ1v) is 14.4. The van der Waals surface area contributed by atoms with E-state index < -0.39 is 15.5 Å². The molecule has 0 amide bonds. The monoisotopic (exact) mass is 191 g/mol. The van der Waals surface area contributed by atoms with Crippen LogP contribution in [0.15, 0.2) is 0 Å². The van der Waals surface area contributed by atoms with E-state index >= 15 is 0 Å². The van der Waals surface area contributed by atoms with E-state index in [1.54, 1.807) is 0 Å². The van der Waals surface area contributed by atoms with Crippen molar-refractivity contribution >= 4 is 24.1 Å². The summed E-state index contributed by atoms with van der Waals surface area (Å²) in [6.45, 7) is 9.67. The van der Waals surface area contributed by atoms with Crippen LogP contribution in [-0.4, -0.2) is 24.1 Å². The van der Waals surface area contributed by atoms with Gasteiger partial charge in [0, 0.05) is 8.55 Å². The summed E-state index contributed by atoms with van der Waals surface area (Å²) >= 11 is 0. The summed E-state index contributed by atoms with van der Waals surface area (Å²) < 4.78 is 0. The highest BCUT2D eigenvalue weighted by molar-refractivity contribution is 7.51. The predicted octanol–water partition coefficient (Wildman–Crippen LogP) is -0.829. The molecule has 6 heteroatoms. The normalized spacial score (nSPS) is 30.0. The van der Waals surface area contributed by atoms with E-state index in [4.69, 9.17) is 0 Å². The van der Waals surface area contributed by atoms with Crippen LogP contribution in [0.2, 0.25) is 26.2 Å². The quantitative estimate of drug-likeness (QED) is 0.438. The molecule has 1 heterocycles. The number of hydrogen-bond acceptors (Lipinski definition) is 3. The minimum absolute atomic E-state index is 0.157. The van der Waals surface area contributed by atoms with E-state index in [-0.39, 0.29) is 8.55 Å². The van der Waals surface area contributed by atoms with Gasteiger partial charge in [-0.25, -0.2) is 5.53 Å². The van der Waals surface area contributed by atoms with Crippen molar-refractivity contribution in [2.24, 2.45) is 0 Å². The SMILES string of the molecule is C[Si]1(C)NNN[Si](C)(C)[SiH2]1. The number of rotatable bonds is 0. The number of hydrogen-bond donors (Lipinski definition) is 3. The lowest BCUT2D eigenvalue weighted by atomic mass is 11.9. The summed E-state index contributed by atoms with van der Waals surface area (Å²) in [6, 6.07) is 0. The van der Waals surface area contributed by atoms with E-state index in [1.807, 2.05) is 0 Å². The third kappa shape index (κ3) is 2.29. The van der Waals surface area contributed by atoms with Crippen LogP contribution >= 0.6 is 0 Å². The summed E-state index contributed by atoms with van der Waals surface area (Å²) in [6.07, 6.45) is 0. The van der Waals surface area contributed by atoms with Crippen molar-refractivity contribution in [1.29, 1.82) is 0 Å². The van der Waals surface area contributed by atoms with Gasteiger partial charge < -0.3 is 0 Å². The van der Waals surface area contributed by atoms with Crippen molar-refractivity contribution < 1.29 is 0 Å². The summed E-state index contributed by atoms with van der Waals surface area (Å²) in [4.78, 5) is 0. The van der Waals surface area contributed by atoms with Crippen LogP contribution in [0, 0.1) is 0 Å². The highest BCUT2D eigenvalue weighted by Gasteiger charge is 2.36. The Morgan fingerprint density at radius 2 is 1.30 bits per heavy atom. The molecule has 0 aromatic rings. The second-order valence-corrected chi connectivity index (χ2v) is 27.6. The zero-order chi connectivity index (χ0) is 7.83. The van der Waals surface area contributed by atoms with Crippen molar-refractivity contribution in [3.05, 3.63) is 0 Å². The fourth-order valence-electron chi connectivity index (χ4n) is 1.56. The minimum Gasteiger partial charge on any atom is -0.270 e. The largest absolute Gasteiger partial charge is 0.270 e. The van der Waals surface area contributed by atoms with E-state index in [9.17, 15) is 0 Å². The maximum absolute atomic E-state index is 3.39. The molecule has 0 unspecified atom stereocenters. The lowest BCUT2D eigenvalue weighted by Crippen LogP contribution is -2.78. The van der Waals surface area contributed by atoms with Gasteiger partial charge in [0.15, 0.2) is 0 Å². The van der Waals surface area contributed by atoms with Gasteiger partial charge in [0.1, 0.15) is 15.5 Å². The summed E-state index contributed by atoms with van der Waals surface area (Å²) in [5, 5.41) is 6.78. The second-order valence-electron chi connectivity index (χ2n) is 4.32. The Hall–Kier alpha value is 0.531. The third-order valence-electron chi connectivity index (χ3n) is 1.69. The molecular weight excluding hydrogens is 174 g/mol. The zero-order valence-electron chi connectivity index (χ0n) is 7.21. The van der Waals surface area contributed by atoms with Gasteiger partial charge in [-0.2, -0.15) is 0 Å². The highest BCUT2D eigenvalue weighted by atomic mass is 29.6. The van der Waals surface area contributed by atoms with Crippen molar-refractivity contribution in [2.75, 3.05) is 0 Å². The van der Waals surface area contributed by atoms with E-state index in [2.05, 4.69) is 41.9 Å². The highest BCUT2D eigenvalue weighted by Crippen LogP contribution is 2.04. The van der Waals surface area contributed by atoms with Crippen LogP contribution in [0.5, 0.6) is 0 Å². The first kappa shape index (κ1) is 8.63. The van der Waals surface area contributed by atoms with Gasteiger partial charge >= 0.3 is 0 Å². The summed E-state index contributed by atoms with van der Waals surface area (Å²) in [5.74, 6) is 0. The zero-order valence-corrected chi connectivity index (χ0v) is 10.6. The van der Waals surface area contributed by atoms with Gasteiger partial charge in [0.05, 0.1) is 0 Å². The first-order valence-electron chi connectivity index (χ1n) is 3.71. The van der Waals surface area contributed by atoms with E-state index in [0.29, 0.717) is 0 Å². The molecule has 0 radical (unpaired) electrons. The van der Waals surface area contributed by atoms with Crippen molar-refractivity contribution in [1.82, 2.24) is 15.7 Å². The van der Waals surface area contributed by atoms with Gasteiger partial charge in [-0.1, -0.05) is 26.2 Å². The molecule has 3 N–H and O–H groups in total.